The molecule has 0 unspecified atom stereocenters. The Hall–Kier alpha value is -4.78. The Balaban J connectivity index is 1.19. The van der Waals surface area contributed by atoms with Crippen LogP contribution >= 0.6 is 23.2 Å². The van der Waals surface area contributed by atoms with Crippen molar-refractivity contribution >= 4 is 56.8 Å². The van der Waals surface area contributed by atoms with E-state index < -0.39 is 0 Å². The minimum atomic E-state index is -0.0611. The minimum absolute atomic E-state index is 0.0611. The van der Waals surface area contributed by atoms with Gasteiger partial charge in [-0.15, -0.1) is 0 Å². The summed E-state index contributed by atoms with van der Waals surface area (Å²) >= 11 is 12.3. The molecule has 6 aromatic rings. The number of hydrogen-bond donors (Lipinski definition) is 0. The van der Waals surface area contributed by atoms with E-state index in [0.717, 1.165) is 55.4 Å². The zero-order valence-electron chi connectivity index (χ0n) is 25.4. The first-order valence-corrected chi connectivity index (χ1v) is 15.9. The molecular weight excluding hydrogens is 615 g/mol. The van der Waals surface area contributed by atoms with Crippen molar-refractivity contribution in [3.63, 3.8) is 0 Å². The molecule has 1 aliphatic rings. The Morgan fingerprint density at radius 2 is 0.891 bits per heavy atom. The van der Waals surface area contributed by atoms with Gasteiger partial charge in [0.1, 0.15) is 0 Å². The topological polar surface area (TPSA) is 66.4 Å². The van der Waals surface area contributed by atoms with Gasteiger partial charge < -0.3 is 9.80 Å². The number of amides is 2. The number of para-hydroxylation sites is 2. The van der Waals surface area contributed by atoms with E-state index in [0.29, 0.717) is 47.4 Å². The molecule has 3 heterocycles. The second-order valence-corrected chi connectivity index (χ2v) is 12.4. The van der Waals surface area contributed by atoms with Crippen LogP contribution in [0, 0.1) is 13.8 Å². The third-order valence-corrected chi connectivity index (χ3v) is 9.29. The summed E-state index contributed by atoms with van der Waals surface area (Å²) in [7, 11) is 0. The SMILES string of the molecule is Cc1c(-c2ccc(Cl)cc2)nc2ccccc2c1C(=O)N1CCN(C(=O)c2c(C)c(-c3ccc(Cl)cc3)nc3ccccc23)CC1. The standard InChI is InChI=1S/C38H30Cl2N4O2/c1-23-33(29-7-3-5-9-31(29)41-35(23)25-11-15-27(39)16-12-25)37(45)43-19-21-44(22-20-43)38(46)34-24(2)36(26-13-17-28(40)18-14-26)42-32-10-6-4-8-30(32)34/h3-18H,19-22H2,1-2H3. The smallest absolute Gasteiger partial charge is 0.255 e. The Labute approximate surface area is 277 Å². The number of carbonyl (C=O) groups is 2. The van der Waals surface area contributed by atoms with Crippen LogP contribution in [0.15, 0.2) is 97.1 Å². The molecule has 8 heteroatoms. The fraction of sp³-hybridized carbons (Fsp3) is 0.158. The number of piperazine rings is 1. The third kappa shape index (κ3) is 5.38. The van der Waals surface area contributed by atoms with Gasteiger partial charge in [0.2, 0.25) is 0 Å². The highest BCUT2D eigenvalue weighted by Gasteiger charge is 2.30. The number of nitrogens with zero attached hydrogens (tertiary/aromatic N) is 4. The molecule has 1 fully saturated rings. The molecular formula is C38H30Cl2N4O2. The molecule has 1 aliphatic heterocycles. The van der Waals surface area contributed by atoms with Crippen LogP contribution < -0.4 is 0 Å². The lowest BCUT2D eigenvalue weighted by molar-refractivity contribution is 0.0536. The van der Waals surface area contributed by atoms with Gasteiger partial charge >= 0.3 is 0 Å². The van der Waals surface area contributed by atoms with Crippen molar-refractivity contribution in [3.8, 4) is 22.5 Å². The quantitative estimate of drug-likeness (QED) is 0.193. The average Bonchev–Trinajstić information content (AvgIpc) is 3.08. The van der Waals surface area contributed by atoms with Gasteiger partial charge in [0.25, 0.3) is 11.8 Å². The molecule has 0 saturated carbocycles. The maximum Gasteiger partial charge on any atom is 0.255 e. The van der Waals surface area contributed by atoms with Crippen LogP contribution in [0.2, 0.25) is 10.0 Å². The number of rotatable bonds is 4. The number of carbonyl (C=O) groups excluding carboxylic acids is 2. The number of fused-ring (bicyclic) bond motifs is 2. The van der Waals surface area contributed by atoms with Crippen LogP contribution in [-0.2, 0) is 0 Å². The van der Waals surface area contributed by atoms with Gasteiger partial charge in [-0.3, -0.25) is 9.59 Å². The molecule has 0 radical (unpaired) electrons. The summed E-state index contributed by atoms with van der Waals surface area (Å²) in [4.78, 5) is 42.0. The fourth-order valence-electron chi connectivity index (χ4n) is 6.37. The molecule has 0 bridgehead atoms. The van der Waals surface area contributed by atoms with Gasteiger partial charge in [-0.05, 0) is 61.4 Å². The van der Waals surface area contributed by atoms with E-state index in [4.69, 9.17) is 33.2 Å². The lowest BCUT2D eigenvalue weighted by Crippen LogP contribution is -2.51. The average molecular weight is 646 g/mol. The number of hydrogen-bond acceptors (Lipinski definition) is 4. The molecule has 0 spiro atoms. The Kier molecular flexibility index (Phi) is 7.93. The van der Waals surface area contributed by atoms with E-state index in [9.17, 15) is 9.59 Å². The normalized spacial score (nSPS) is 13.4. The highest BCUT2D eigenvalue weighted by molar-refractivity contribution is 6.31. The molecule has 1 saturated heterocycles. The van der Waals surface area contributed by atoms with E-state index in [-0.39, 0.29) is 11.8 Å². The van der Waals surface area contributed by atoms with Crippen LogP contribution in [-0.4, -0.2) is 57.8 Å². The predicted octanol–water partition coefficient (Wildman–Crippen LogP) is 8.64. The first kappa shape index (κ1) is 29.9. The zero-order chi connectivity index (χ0) is 31.9. The molecule has 0 N–H and O–H groups in total. The Bertz CT molecular complexity index is 1980. The van der Waals surface area contributed by atoms with Crippen LogP contribution in [0.5, 0.6) is 0 Å². The maximum atomic E-state index is 14.2. The van der Waals surface area contributed by atoms with Crippen LogP contribution in [0.1, 0.15) is 31.8 Å². The lowest BCUT2D eigenvalue weighted by atomic mass is 9.96. The number of aromatic nitrogens is 2. The first-order chi connectivity index (χ1) is 22.3. The zero-order valence-corrected chi connectivity index (χ0v) is 26.9. The van der Waals surface area contributed by atoms with Gasteiger partial charge in [-0.2, -0.15) is 0 Å². The molecule has 0 aliphatic carbocycles. The molecule has 0 atom stereocenters. The van der Waals surface area contributed by atoms with Crippen LogP contribution in [0.3, 0.4) is 0 Å². The summed E-state index contributed by atoms with van der Waals surface area (Å²) in [6.07, 6.45) is 0. The summed E-state index contributed by atoms with van der Waals surface area (Å²) in [5, 5.41) is 2.91. The maximum absolute atomic E-state index is 14.2. The van der Waals surface area contributed by atoms with Crippen molar-refractivity contribution in [2.24, 2.45) is 0 Å². The molecule has 46 heavy (non-hydrogen) atoms. The second-order valence-electron chi connectivity index (χ2n) is 11.6. The third-order valence-electron chi connectivity index (χ3n) is 8.79. The van der Waals surface area contributed by atoms with Crippen LogP contribution in [0.25, 0.3) is 44.3 Å². The monoisotopic (exact) mass is 644 g/mol. The summed E-state index contributed by atoms with van der Waals surface area (Å²) in [6.45, 7) is 5.58. The van der Waals surface area contributed by atoms with Gasteiger partial charge in [0, 0.05) is 58.1 Å². The minimum Gasteiger partial charge on any atom is -0.335 e. The fourth-order valence-corrected chi connectivity index (χ4v) is 6.62. The lowest BCUT2D eigenvalue weighted by Gasteiger charge is -2.36. The Morgan fingerprint density at radius 3 is 1.26 bits per heavy atom. The highest BCUT2D eigenvalue weighted by Crippen LogP contribution is 2.33. The molecule has 7 rings (SSSR count). The van der Waals surface area contributed by atoms with Crippen molar-refractivity contribution in [1.29, 1.82) is 0 Å². The van der Waals surface area contributed by atoms with Gasteiger partial charge in [-0.25, -0.2) is 9.97 Å². The summed E-state index contributed by atoms with van der Waals surface area (Å²) in [6, 6.07) is 30.5. The van der Waals surface area contributed by atoms with Crippen molar-refractivity contribution in [2.75, 3.05) is 26.2 Å². The van der Waals surface area contributed by atoms with Gasteiger partial charge in [-0.1, -0.05) is 83.9 Å². The van der Waals surface area contributed by atoms with Crippen LogP contribution in [0.4, 0.5) is 0 Å². The summed E-state index contributed by atoms with van der Waals surface area (Å²) < 4.78 is 0. The van der Waals surface area contributed by atoms with Crippen molar-refractivity contribution < 1.29 is 9.59 Å². The predicted molar refractivity (Wildman–Crippen MR) is 186 cm³/mol. The molecule has 2 amide bonds. The van der Waals surface area contributed by atoms with E-state index in [1.54, 1.807) is 0 Å². The molecule has 228 valence electrons. The van der Waals surface area contributed by atoms with Gasteiger partial charge in [0.05, 0.1) is 33.5 Å². The summed E-state index contributed by atoms with van der Waals surface area (Å²) in [5.41, 5.74) is 7.73. The largest absolute Gasteiger partial charge is 0.335 e. The second kappa shape index (κ2) is 12.2. The van der Waals surface area contributed by atoms with E-state index in [1.165, 1.54) is 0 Å². The highest BCUT2D eigenvalue weighted by atomic mass is 35.5. The molecule has 6 nitrogen and oxygen atoms in total. The van der Waals surface area contributed by atoms with Crippen molar-refractivity contribution in [2.45, 2.75) is 13.8 Å². The number of benzene rings is 4. The summed E-state index contributed by atoms with van der Waals surface area (Å²) in [5.74, 6) is -0.122. The molecule has 4 aromatic carbocycles. The first-order valence-electron chi connectivity index (χ1n) is 15.2. The van der Waals surface area contributed by atoms with E-state index in [2.05, 4.69) is 0 Å². The molecule has 2 aromatic heterocycles. The number of halogens is 2. The van der Waals surface area contributed by atoms with E-state index >= 15 is 0 Å². The Morgan fingerprint density at radius 1 is 0.543 bits per heavy atom. The number of pyridine rings is 2. The van der Waals surface area contributed by atoms with Crippen molar-refractivity contribution in [1.82, 2.24) is 19.8 Å². The van der Waals surface area contributed by atoms with Crippen molar-refractivity contribution in [3.05, 3.63) is 129 Å². The van der Waals surface area contributed by atoms with E-state index in [1.807, 2.05) is 121 Å². The van der Waals surface area contributed by atoms with Gasteiger partial charge in [0.15, 0.2) is 0 Å².